The van der Waals surface area contributed by atoms with Gasteiger partial charge in [-0.15, -0.1) is 0 Å². The second-order valence-corrected chi connectivity index (χ2v) is 8.31. The molecule has 0 radical (unpaired) electrons. The monoisotopic (exact) mass is 492 g/mol. The first-order chi connectivity index (χ1) is 13.9. The molecule has 1 aliphatic heterocycles. The van der Waals surface area contributed by atoms with Gasteiger partial charge in [0.2, 0.25) is 0 Å². The number of thioether (sulfide) groups is 1. The summed E-state index contributed by atoms with van der Waals surface area (Å²) in [4.78, 5) is 25.7. The first kappa shape index (κ1) is 21.4. The summed E-state index contributed by atoms with van der Waals surface area (Å²) in [5, 5.41) is 1.08. The van der Waals surface area contributed by atoms with Crippen LogP contribution in [0.15, 0.2) is 51.8 Å². The van der Waals surface area contributed by atoms with Crippen LogP contribution in [-0.2, 0) is 4.79 Å². The molecular formula is C20H17BrN2O4S2. The highest BCUT2D eigenvalue weighted by molar-refractivity contribution is 9.10. The summed E-state index contributed by atoms with van der Waals surface area (Å²) < 4.78 is 11.7. The number of ether oxygens (including phenoxy) is 2. The molecule has 150 valence electrons. The van der Waals surface area contributed by atoms with Crippen molar-refractivity contribution >= 4 is 62.1 Å². The second kappa shape index (κ2) is 9.43. The van der Waals surface area contributed by atoms with Crippen LogP contribution < -0.4 is 14.9 Å². The van der Waals surface area contributed by atoms with Crippen LogP contribution in [0.25, 0.3) is 6.08 Å². The third-order valence-electron chi connectivity index (χ3n) is 3.91. The largest absolute Gasteiger partial charge is 0.493 e. The first-order valence-corrected chi connectivity index (χ1v) is 10.6. The molecule has 0 atom stereocenters. The minimum absolute atomic E-state index is 0.250. The van der Waals surface area contributed by atoms with Crippen LogP contribution in [-0.4, -0.2) is 34.9 Å². The Morgan fingerprint density at radius 2 is 2.03 bits per heavy atom. The van der Waals surface area contributed by atoms with Crippen molar-refractivity contribution in [1.29, 1.82) is 0 Å². The maximum atomic E-state index is 12.8. The molecule has 0 aromatic heterocycles. The Balaban J connectivity index is 1.80. The van der Waals surface area contributed by atoms with Crippen molar-refractivity contribution < 1.29 is 19.1 Å². The number of amides is 2. The zero-order valence-electron chi connectivity index (χ0n) is 15.6. The van der Waals surface area contributed by atoms with Crippen molar-refractivity contribution in [3.63, 3.8) is 0 Å². The van der Waals surface area contributed by atoms with Crippen LogP contribution in [0.3, 0.4) is 0 Å². The van der Waals surface area contributed by atoms with Crippen LogP contribution >= 0.6 is 39.9 Å². The molecule has 9 heteroatoms. The van der Waals surface area contributed by atoms with E-state index in [2.05, 4.69) is 21.4 Å². The van der Waals surface area contributed by atoms with Gasteiger partial charge in [0.05, 0.1) is 24.2 Å². The van der Waals surface area contributed by atoms with E-state index in [0.717, 1.165) is 22.3 Å². The van der Waals surface area contributed by atoms with Gasteiger partial charge in [-0.1, -0.05) is 30.0 Å². The minimum Gasteiger partial charge on any atom is -0.493 e. The van der Waals surface area contributed by atoms with Crippen LogP contribution in [0.2, 0.25) is 0 Å². The van der Waals surface area contributed by atoms with Crippen LogP contribution in [0, 0.1) is 0 Å². The molecule has 3 rings (SSSR count). The van der Waals surface area contributed by atoms with Crippen molar-refractivity contribution in [3.8, 4) is 11.5 Å². The molecule has 29 heavy (non-hydrogen) atoms. The Kier molecular flexibility index (Phi) is 6.94. The van der Waals surface area contributed by atoms with Gasteiger partial charge in [0.25, 0.3) is 11.8 Å². The van der Waals surface area contributed by atoms with Gasteiger partial charge in [0.15, 0.2) is 15.8 Å². The van der Waals surface area contributed by atoms with Crippen molar-refractivity contribution in [2.24, 2.45) is 0 Å². The van der Waals surface area contributed by atoms with Gasteiger partial charge >= 0.3 is 0 Å². The van der Waals surface area contributed by atoms with E-state index in [4.69, 9.17) is 21.7 Å². The summed E-state index contributed by atoms with van der Waals surface area (Å²) in [6.45, 7) is 2.41. The molecule has 1 N–H and O–H groups in total. The number of benzene rings is 2. The molecule has 1 heterocycles. The average molecular weight is 493 g/mol. The van der Waals surface area contributed by atoms with Crippen LogP contribution in [0.5, 0.6) is 11.5 Å². The van der Waals surface area contributed by atoms with Crippen molar-refractivity contribution in [2.75, 3.05) is 13.7 Å². The van der Waals surface area contributed by atoms with E-state index < -0.39 is 11.8 Å². The lowest BCUT2D eigenvalue weighted by Gasteiger charge is -2.16. The Hall–Kier alpha value is -2.36. The molecule has 0 unspecified atom stereocenters. The lowest BCUT2D eigenvalue weighted by molar-refractivity contribution is -0.123. The van der Waals surface area contributed by atoms with Crippen LogP contribution in [0.1, 0.15) is 22.8 Å². The third-order valence-corrected chi connectivity index (χ3v) is 5.90. The first-order valence-electron chi connectivity index (χ1n) is 8.59. The van der Waals surface area contributed by atoms with Crippen molar-refractivity contribution in [2.45, 2.75) is 6.92 Å². The van der Waals surface area contributed by atoms with Crippen LogP contribution in [0.4, 0.5) is 0 Å². The lowest BCUT2D eigenvalue weighted by atomic mass is 10.2. The third kappa shape index (κ3) is 4.80. The summed E-state index contributed by atoms with van der Waals surface area (Å²) in [6, 6.07) is 12.3. The summed E-state index contributed by atoms with van der Waals surface area (Å²) >= 11 is 9.72. The Labute approximate surface area is 186 Å². The molecule has 2 amide bonds. The van der Waals surface area contributed by atoms with E-state index in [1.54, 1.807) is 49.6 Å². The minimum atomic E-state index is -0.433. The lowest BCUT2D eigenvalue weighted by Crippen LogP contribution is -2.44. The summed E-state index contributed by atoms with van der Waals surface area (Å²) in [5.74, 6) is 0.365. The fourth-order valence-corrected chi connectivity index (χ4v) is 4.22. The maximum Gasteiger partial charge on any atom is 0.285 e. The molecule has 2 aromatic carbocycles. The number of hydrazine groups is 1. The van der Waals surface area contributed by atoms with Gasteiger partial charge in [-0.25, -0.2) is 0 Å². The topological polar surface area (TPSA) is 67.9 Å². The SMILES string of the molecule is CCOc1ccc(C=C2SC(=S)N(NC(=O)c3ccccc3Br)C2=O)cc1OC. The number of nitrogens with one attached hydrogen (secondary N) is 1. The molecular weight excluding hydrogens is 476 g/mol. The van der Waals surface area contributed by atoms with Gasteiger partial charge < -0.3 is 9.47 Å². The summed E-state index contributed by atoms with van der Waals surface area (Å²) in [6.07, 6.45) is 1.70. The van der Waals surface area contributed by atoms with E-state index in [1.165, 1.54) is 0 Å². The van der Waals surface area contributed by atoms with Crippen molar-refractivity contribution in [1.82, 2.24) is 10.4 Å². The quantitative estimate of drug-likeness (QED) is 0.475. The van der Waals surface area contributed by atoms with E-state index in [1.807, 2.05) is 13.0 Å². The zero-order valence-corrected chi connectivity index (χ0v) is 18.8. The number of nitrogens with zero attached hydrogens (tertiary/aromatic N) is 1. The fraction of sp³-hybridized carbons (Fsp3) is 0.150. The molecule has 0 aliphatic carbocycles. The number of thiocarbonyl (C=S) groups is 1. The van der Waals surface area contributed by atoms with E-state index in [0.29, 0.717) is 33.0 Å². The normalized spacial score (nSPS) is 15.0. The molecule has 0 spiro atoms. The number of hydrogen-bond donors (Lipinski definition) is 1. The Morgan fingerprint density at radius 1 is 1.28 bits per heavy atom. The average Bonchev–Trinajstić information content (AvgIpc) is 2.97. The van der Waals surface area contributed by atoms with Gasteiger partial charge in [0, 0.05) is 4.47 Å². The van der Waals surface area contributed by atoms with E-state index in [9.17, 15) is 9.59 Å². The number of carbonyl (C=O) groups is 2. The van der Waals surface area contributed by atoms with Crippen molar-refractivity contribution in [3.05, 3.63) is 63.0 Å². The standard InChI is InChI=1S/C20H17BrN2O4S2/c1-3-27-15-9-8-12(10-16(15)26-2)11-17-19(25)23(20(28)29-17)22-18(24)13-6-4-5-7-14(13)21/h4-11H,3H2,1-2H3,(H,22,24). The summed E-state index contributed by atoms with van der Waals surface area (Å²) in [7, 11) is 1.55. The highest BCUT2D eigenvalue weighted by Gasteiger charge is 2.34. The number of halogens is 1. The predicted molar refractivity (Wildman–Crippen MR) is 121 cm³/mol. The molecule has 0 bridgehead atoms. The maximum absolute atomic E-state index is 12.8. The molecule has 1 saturated heterocycles. The number of hydrogen-bond acceptors (Lipinski definition) is 6. The van der Waals surface area contributed by atoms with Gasteiger partial charge in [-0.05, 0) is 71.0 Å². The van der Waals surface area contributed by atoms with Gasteiger partial charge in [-0.2, -0.15) is 5.01 Å². The number of carbonyl (C=O) groups excluding carboxylic acids is 2. The Morgan fingerprint density at radius 3 is 2.72 bits per heavy atom. The fourth-order valence-electron chi connectivity index (χ4n) is 2.57. The zero-order chi connectivity index (χ0) is 21.0. The molecule has 6 nitrogen and oxygen atoms in total. The molecule has 1 fully saturated rings. The van der Waals surface area contributed by atoms with Gasteiger partial charge in [-0.3, -0.25) is 15.0 Å². The molecule has 0 saturated carbocycles. The molecule has 1 aliphatic rings. The second-order valence-electron chi connectivity index (χ2n) is 5.78. The molecule has 2 aromatic rings. The van der Waals surface area contributed by atoms with E-state index >= 15 is 0 Å². The predicted octanol–water partition coefficient (Wildman–Crippen LogP) is 4.40. The van der Waals surface area contributed by atoms with E-state index in [-0.39, 0.29) is 4.32 Å². The number of rotatable bonds is 6. The highest BCUT2D eigenvalue weighted by Crippen LogP contribution is 2.34. The highest BCUT2D eigenvalue weighted by atomic mass is 79.9. The summed E-state index contributed by atoms with van der Waals surface area (Å²) in [5.41, 5.74) is 3.72. The smallest absolute Gasteiger partial charge is 0.285 e. The van der Waals surface area contributed by atoms with Gasteiger partial charge in [0.1, 0.15) is 0 Å². The Bertz CT molecular complexity index is 1010. The number of methoxy groups -OCH3 is 1.